The molecule has 1 fully saturated rings. The van der Waals surface area contributed by atoms with E-state index < -0.39 is 0 Å². The van der Waals surface area contributed by atoms with Crippen molar-refractivity contribution in [2.75, 3.05) is 31.9 Å². The van der Waals surface area contributed by atoms with Gasteiger partial charge in [-0.3, -0.25) is 4.79 Å². The van der Waals surface area contributed by atoms with Crippen LogP contribution in [0.25, 0.3) is 0 Å². The molecule has 1 saturated heterocycles. The molecule has 110 valence electrons. The molecule has 0 saturated carbocycles. The Balaban J connectivity index is 1.76. The van der Waals surface area contributed by atoms with E-state index in [1.54, 1.807) is 12.1 Å². The summed E-state index contributed by atoms with van der Waals surface area (Å²) in [7, 11) is 0. The van der Waals surface area contributed by atoms with Crippen LogP contribution in [0.3, 0.4) is 0 Å². The van der Waals surface area contributed by atoms with Gasteiger partial charge in [-0.1, -0.05) is 6.92 Å². The molecule has 4 nitrogen and oxygen atoms in total. The number of hydrogen-bond acceptors (Lipinski definition) is 3. The summed E-state index contributed by atoms with van der Waals surface area (Å²) in [5, 5.41) is 2.98. The number of aryl methyl sites for hydroxylation is 1. The number of anilines is 1. The molecule has 3 N–H and O–H groups in total. The number of amides is 1. The van der Waals surface area contributed by atoms with Crippen LogP contribution in [0.2, 0.25) is 0 Å². The number of carbonyl (C=O) groups excluding carboxylic acids is 1. The molecule has 0 radical (unpaired) electrons. The summed E-state index contributed by atoms with van der Waals surface area (Å²) in [6.45, 7) is 8.17. The first-order valence-corrected chi connectivity index (χ1v) is 7.43. The molecule has 0 spiro atoms. The van der Waals surface area contributed by atoms with Crippen molar-refractivity contribution in [2.45, 2.75) is 26.7 Å². The van der Waals surface area contributed by atoms with E-state index in [1.807, 2.05) is 13.0 Å². The molecule has 1 aliphatic heterocycles. The smallest absolute Gasteiger partial charge is 0.251 e. The second kappa shape index (κ2) is 6.75. The molecule has 2 rings (SSSR count). The predicted octanol–water partition coefficient (Wildman–Crippen LogP) is 2.04. The summed E-state index contributed by atoms with van der Waals surface area (Å²) >= 11 is 0. The molecule has 0 unspecified atom stereocenters. The number of nitrogens with two attached hydrogens (primary N) is 1. The van der Waals surface area contributed by atoms with Gasteiger partial charge in [-0.25, -0.2) is 0 Å². The van der Waals surface area contributed by atoms with E-state index in [4.69, 9.17) is 5.73 Å². The first-order chi connectivity index (χ1) is 9.56. The van der Waals surface area contributed by atoms with Gasteiger partial charge in [0.15, 0.2) is 0 Å². The van der Waals surface area contributed by atoms with E-state index in [-0.39, 0.29) is 5.91 Å². The molecule has 0 aliphatic carbocycles. The number of nitrogen functional groups attached to an aromatic ring is 1. The molecular formula is C16H25N3O. The third kappa shape index (κ3) is 3.97. The summed E-state index contributed by atoms with van der Waals surface area (Å²) in [6, 6.07) is 5.41. The average molecular weight is 275 g/mol. The van der Waals surface area contributed by atoms with Crippen LogP contribution in [0, 0.1) is 12.8 Å². The first kappa shape index (κ1) is 14.9. The second-order valence-electron chi connectivity index (χ2n) is 5.85. The van der Waals surface area contributed by atoms with Crippen LogP contribution in [0.1, 0.15) is 35.7 Å². The molecule has 4 heteroatoms. The summed E-state index contributed by atoms with van der Waals surface area (Å²) in [5.74, 6) is 0.831. The van der Waals surface area contributed by atoms with Crippen molar-refractivity contribution in [1.82, 2.24) is 10.2 Å². The minimum absolute atomic E-state index is 0.0153. The van der Waals surface area contributed by atoms with Gasteiger partial charge in [0.1, 0.15) is 0 Å². The molecule has 0 bridgehead atoms. The standard InChI is InChI=1S/C16H25N3O/c1-12-5-8-19(9-6-12)10-7-18-16(20)14-3-4-15(17)13(2)11-14/h3-4,11-12H,5-10,17H2,1-2H3,(H,18,20). The van der Waals surface area contributed by atoms with Crippen molar-refractivity contribution in [3.63, 3.8) is 0 Å². The van der Waals surface area contributed by atoms with Crippen molar-refractivity contribution in [1.29, 1.82) is 0 Å². The molecule has 1 amide bonds. The Morgan fingerprint density at radius 3 is 2.75 bits per heavy atom. The molecule has 0 atom stereocenters. The van der Waals surface area contributed by atoms with E-state index in [0.717, 1.165) is 36.8 Å². The predicted molar refractivity (Wildman–Crippen MR) is 82.8 cm³/mol. The number of piperidine rings is 1. The fraction of sp³-hybridized carbons (Fsp3) is 0.562. The fourth-order valence-electron chi connectivity index (χ4n) is 2.53. The van der Waals surface area contributed by atoms with Crippen LogP contribution in [-0.4, -0.2) is 37.0 Å². The van der Waals surface area contributed by atoms with Crippen molar-refractivity contribution < 1.29 is 4.79 Å². The van der Waals surface area contributed by atoms with E-state index in [0.29, 0.717) is 12.1 Å². The lowest BCUT2D eigenvalue weighted by atomic mass is 9.99. The zero-order valence-corrected chi connectivity index (χ0v) is 12.5. The van der Waals surface area contributed by atoms with E-state index in [9.17, 15) is 4.79 Å². The maximum absolute atomic E-state index is 12.0. The monoisotopic (exact) mass is 275 g/mol. The van der Waals surface area contributed by atoms with Gasteiger partial charge in [0.25, 0.3) is 5.91 Å². The van der Waals surface area contributed by atoms with Crippen molar-refractivity contribution in [2.24, 2.45) is 5.92 Å². The number of nitrogens with zero attached hydrogens (tertiary/aromatic N) is 1. The second-order valence-corrected chi connectivity index (χ2v) is 5.85. The Bertz CT molecular complexity index is 465. The lowest BCUT2D eigenvalue weighted by Crippen LogP contribution is -2.39. The summed E-state index contributed by atoms with van der Waals surface area (Å²) < 4.78 is 0. The normalized spacial score (nSPS) is 17.1. The van der Waals surface area contributed by atoms with Crippen LogP contribution in [0.4, 0.5) is 5.69 Å². The zero-order valence-electron chi connectivity index (χ0n) is 12.5. The van der Waals surface area contributed by atoms with Gasteiger partial charge in [0.05, 0.1) is 0 Å². The lowest BCUT2D eigenvalue weighted by Gasteiger charge is -2.30. The quantitative estimate of drug-likeness (QED) is 0.827. The third-order valence-electron chi connectivity index (χ3n) is 4.12. The number of carbonyl (C=O) groups is 1. The average Bonchev–Trinajstić information content (AvgIpc) is 2.44. The van der Waals surface area contributed by atoms with Gasteiger partial charge >= 0.3 is 0 Å². The Hall–Kier alpha value is -1.55. The van der Waals surface area contributed by atoms with Gasteiger partial charge in [0.2, 0.25) is 0 Å². The minimum Gasteiger partial charge on any atom is -0.399 e. The van der Waals surface area contributed by atoms with Crippen LogP contribution >= 0.6 is 0 Å². The SMILES string of the molecule is Cc1cc(C(=O)NCCN2CCC(C)CC2)ccc1N. The van der Waals surface area contributed by atoms with Crippen LogP contribution in [0.15, 0.2) is 18.2 Å². The van der Waals surface area contributed by atoms with E-state index >= 15 is 0 Å². The summed E-state index contributed by atoms with van der Waals surface area (Å²) in [4.78, 5) is 14.5. The first-order valence-electron chi connectivity index (χ1n) is 7.43. The maximum Gasteiger partial charge on any atom is 0.251 e. The molecule has 1 aromatic rings. The molecule has 20 heavy (non-hydrogen) atoms. The molecule has 1 aromatic carbocycles. The highest BCUT2D eigenvalue weighted by atomic mass is 16.1. The van der Waals surface area contributed by atoms with Crippen molar-refractivity contribution >= 4 is 11.6 Å². The Kier molecular flexibility index (Phi) is 5.01. The van der Waals surface area contributed by atoms with E-state index in [2.05, 4.69) is 17.1 Å². The van der Waals surface area contributed by atoms with Gasteiger partial charge in [-0.2, -0.15) is 0 Å². The minimum atomic E-state index is -0.0153. The van der Waals surface area contributed by atoms with Gasteiger partial charge in [0, 0.05) is 24.3 Å². The van der Waals surface area contributed by atoms with Crippen molar-refractivity contribution in [3.8, 4) is 0 Å². The highest BCUT2D eigenvalue weighted by Crippen LogP contribution is 2.15. The van der Waals surface area contributed by atoms with E-state index in [1.165, 1.54) is 12.8 Å². The maximum atomic E-state index is 12.0. The van der Waals surface area contributed by atoms with Gasteiger partial charge in [-0.05, 0) is 62.5 Å². The van der Waals surface area contributed by atoms with Crippen LogP contribution in [0.5, 0.6) is 0 Å². The highest BCUT2D eigenvalue weighted by Gasteiger charge is 2.15. The Labute approximate surface area is 121 Å². The fourth-order valence-corrected chi connectivity index (χ4v) is 2.53. The molecule has 1 heterocycles. The largest absolute Gasteiger partial charge is 0.399 e. The van der Waals surface area contributed by atoms with Crippen LogP contribution in [-0.2, 0) is 0 Å². The third-order valence-corrected chi connectivity index (χ3v) is 4.12. The number of benzene rings is 1. The number of nitrogens with one attached hydrogen (secondary N) is 1. The summed E-state index contributed by atoms with van der Waals surface area (Å²) in [5.41, 5.74) is 8.12. The Morgan fingerprint density at radius 2 is 2.10 bits per heavy atom. The lowest BCUT2D eigenvalue weighted by molar-refractivity contribution is 0.0944. The Morgan fingerprint density at radius 1 is 1.40 bits per heavy atom. The number of rotatable bonds is 4. The van der Waals surface area contributed by atoms with Crippen LogP contribution < -0.4 is 11.1 Å². The molecular weight excluding hydrogens is 250 g/mol. The molecule has 1 aliphatic rings. The number of hydrogen-bond donors (Lipinski definition) is 2. The topological polar surface area (TPSA) is 58.4 Å². The summed E-state index contributed by atoms with van der Waals surface area (Å²) in [6.07, 6.45) is 2.54. The van der Waals surface area contributed by atoms with Gasteiger partial charge < -0.3 is 16.0 Å². The highest BCUT2D eigenvalue weighted by molar-refractivity contribution is 5.94. The number of likely N-dealkylation sites (tertiary alicyclic amines) is 1. The zero-order chi connectivity index (χ0) is 14.5. The van der Waals surface area contributed by atoms with Crippen molar-refractivity contribution in [3.05, 3.63) is 29.3 Å². The molecule has 0 aromatic heterocycles. The van der Waals surface area contributed by atoms with Gasteiger partial charge in [-0.15, -0.1) is 0 Å².